The van der Waals surface area contributed by atoms with Crippen LogP contribution in [-0.4, -0.2) is 37.1 Å². The van der Waals surface area contributed by atoms with Crippen LogP contribution < -0.4 is 10.6 Å². The van der Waals surface area contributed by atoms with Crippen molar-refractivity contribution in [2.24, 2.45) is 5.73 Å². The topological polar surface area (TPSA) is 32.5 Å². The number of rotatable bonds is 7. The van der Waals surface area contributed by atoms with Crippen LogP contribution in [0.4, 0.5) is 5.00 Å². The lowest BCUT2D eigenvalue weighted by Gasteiger charge is -2.39. The number of likely N-dealkylation sites (tertiary alicyclic amines) is 1. The normalized spacial score (nSPS) is 16.6. The highest BCUT2D eigenvalue weighted by Gasteiger charge is 2.25. The molecule has 23 heavy (non-hydrogen) atoms. The van der Waals surface area contributed by atoms with E-state index in [1.165, 1.54) is 36.5 Å². The Morgan fingerprint density at radius 3 is 2.52 bits per heavy atom. The summed E-state index contributed by atoms with van der Waals surface area (Å²) < 4.78 is 0. The standard InChI is InChI=1S/C19H27N3S/c20-11-5-12-21-13-9-18(10-14-21)22(19-8-4-15-23-19)16-17-6-2-1-3-7-17/h1-4,6-8,15,18H,5,9-14,16,20H2. The van der Waals surface area contributed by atoms with Crippen LogP contribution in [0.2, 0.25) is 0 Å². The lowest BCUT2D eigenvalue weighted by Crippen LogP contribution is -2.45. The van der Waals surface area contributed by atoms with E-state index in [1.54, 1.807) is 0 Å². The zero-order chi connectivity index (χ0) is 15.9. The number of anilines is 1. The minimum absolute atomic E-state index is 0.642. The Hall–Kier alpha value is -1.36. The molecule has 1 aromatic carbocycles. The summed E-state index contributed by atoms with van der Waals surface area (Å²) in [6, 6.07) is 15.9. The van der Waals surface area contributed by atoms with Crippen LogP contribution in [0.1, 0.15) is 24.8 Å². The zero-order valence-electron chi connectivity index (χ0n) is 13.7. The van der Waals surface area contributed by atoms with Gasteiger partial charge in [0.15, 0.2) is 0 Å². The van der Waals surface area contributed by atoms with E-state index in [-0.39, 0.29) is 0 Å². The van der Waals surface area contributed by atoms with Gasteiger partial charge in [-0.1, -0.05) is 30.3 Å². The first-order chi connectivity index (χ1) is 11.4. The molecular formula is C19H27N3S. The summed E-state index contributed by atoms with van der Waals surface area (Å²) in [5.74, 6) is 0. The Morgan fingerprint density at radius 2 is 1.87 bits per heavy atom. The second-order valence-corrected chi connectivity index (χ2v) is 7.21. The molecule has 3 nitrogen and oxygen atoms in total. The Morgan fingerprint density at radius 1 is 1.09 bits per heavy atom. The van der Waals surface area contributed by atoms with Crippen molar-refractivity contribution < 1.29 is 0 Å². The molecule has 1 fully saturated rings. The molecule has 1 aromatic heterocycles. The van der Waals surface area contributed by atoms with E-state index in [2.05, 4.69) is 57.6 Å². The molecule has 0 radical (unpaired) electrons. The second-order valence-electron chi connectivity index (χ2n) is 6.28. The smallest absolute Gasteiger partial charge is 0.0913 e. The molecule has 2 heterocycles. The summed E-state index contributed by atoms with van der Waals surface area (Å²) in [6.07, 6.45) is 3.61. The van der Waals surface area contributed by atoms with Gasteiger partial charge in [-0.2, -0.15) is 0 Å². The lowest BCUT2D eigenvalue weighted by molar-refractivity contribution is 0.207. The summed E-state index contributed by atoms with van der Waals surface area (Å²) in [5.41, 5.74) is 7.03. The number of hydrogen-bond donors (Lipinski definition) is 1. The molecule has 2 aromatic rings. The first-order valence-electron chi connectivity index (χ1n) is 8.63. The number of nitrogens with zero attached hydrogens (tertiary/aromatic N) is 2. The number of hydrogen-bond acceptors (Lipinski definition) is 4. The summed E-state index contributed by atoms with van der Waals surface area (Å²) in [5, 5.41) is 3.58. The molecule has 4 heteroatoms. The lowest BCUT2D eigenvalue weighted by atomic mass is 10.0. The average Bonchev–Trinajstić information content (AvgIpc) is 3.14. The third-order valence-corrected chi connectivity index (χ3v) is 5.57. The van der Waals surface area contributed by atoms with Crippen LogP contribution in [0.5, 0.6) is 0 Å². The minimum atomic E-state index is 0.642. The number of benzene rings is 1. The van der Waals surface area contributed by atoms with Gasteiger partial charge in [-0.05, 0) is 55.4 Å². The van der Waals surface area contributed by atoms with Crippen LogP contribution in [0.3, 0.4) is 0 Å². The van der Waals surface area contributed by atoms with Crippen molar-refractivity contribution in [3.8, 4) is 0 Å². The molecule has 3 rings (SSSR count). The van der Waals surface area contributed by atoms with Gasteiger partial charge in [0.05, 0.1) is 5.00 Å². The molecule has 0 unspecified atom stereocenters. The summed E-state index contributed by atoms with van der Waals surface area (Å²) >= 11 is 1.85. The van der Waals surface area contributed by atoms with Crippen LogP contribution in [0, 0.1) is 0 Å². The van der Waals surface area contributed by atoms with Crippen molar-refractivity contribution in [2.75, 3.05) is 31.1 Å². The second kappa shape index (κ2) is 8.48. The molecule has 0 bridgehead atoms. The minimum Gasteiger partial charge on any atom is -0.356 e. The fraction of sp³-hybridized carbons (Fsp3) is 0.474. The third-order valence-electron chi connectivity index (χ3n) is 4.66. The van der Waals surface area contributed by atoms with Crippen molar-refractivity contribution in [1.29, 1.82) is 0 Å². The fourth-order valence-corrected chi connectivity index (χ4v) is 4.17. The van der Waals surface area contributed by atoms with Gasteiger partial charge in [-0.3, -0.25) is 0 Å². The molecule has 0 saturated carbocycles. The van der Waals surface area contributed by atoms with E-state index in [1.807, 2.05) is 11.3 Å². The van der Waals surface area contributed by atoms with Crippen molar-refractivity contribution in [2.45, 2.75) is 31.8 Å². The monoisotopic (exact) mass is 329 g/mol. The molecule has 0 spiro atoms. The molecule has 124 valence electrons. The van der Waals surface area contributed by atoms with E-state index < -0.39 is 0 Å². The predicted molar refractivity (Wildman–Crippen MR) is 100 cm³/mol. The third kappa shape index (κ3) is 4.56. The van der Waals surface area contributed by atoms with Gasteiger partial charge in [0.1, 0.15) is 0 Å². The van der Waals surface area contributed by atoms with Gasteiger partial charge >= 0.3 is 0 Å². The summed E-state index contributed by atoms with van der Waals surface area (Å²) in [6.45, 7) is 5.35. The van der Waals surface area contributed by atoms with Crippen molar-refractivity contribution >= 4 is 16.3 Å². The van der Waals surface area contributed by atoms with Crippen LogP contribution in [0.15, 0.2) is 47.8 Å². The molecule has 0 amide bonds. The highest BCUT2D eigenvalue weighted by molar-refractivity contribution is 7.14. The summed E-state index contributed by atoms with van der Waals surface area (Å²) in [4.78, 5) is 5.18. The Labute approximate surface area is 143 Å². The van der Waals surface area contributed by atoms with Gasteiger partial charge in [0.2, 0.25) is 0 Å². The fourth-order valence-electron chi connectivity index (χ4n) is 3.37. The highest BCUT2D eigenvalue weighted by atomic mass is 32.1. The molecule has 0 aliphatic carbocycles. The van der Waals surface area contributed by atoms with Gasteiger partial charge in [-0.25, -0.2) is 0 Å². The average molecular weight is 330 g/mol. The Bertz CT molecular complexity index is 547. The van der Waals surface area contributed by atoms with Gasteiger partial charge in [0.25, 0.3) is 0 Å². The van der Waals surface area contributed by atoms with E-state index in [0.717, 1.165) is 26.1 Å². The molecular weight excluding hydrogens is 302 g/mol. The highest BCUT2D eigenvalue weighted by Crippen LogP contribution is 2.29. The molecule has 0 atom stereocenters. The van der Waals surface area contributed by atoms with Crippen LogP contribution in [-0.2, 0) is 6.54 Å². The van der Waals surface area contributed by atoms with Crippen molar-refractivity contribution in [3.63, 3.8) is 0 Å². The SMILES string of the molecule is NCCCN1CCC(N(Cc2ccccc2)c2cccs2)CC1. The van der Waals surface area contributed by atoms with E-state index in [4.69, 9.17) is 5.73 Å². The first kappa shape index (κ1) is 16.5. The maximum Gasteiger partial charge on any atom is 0.0913 e. The van der Waals surface area contributed by atoms with E-state index in [0.29, 0.717) is 6.04 Å². The number of nitrogens with two attached hydrogens (primary N) is 1. The summed E-state index contributed by atoms with van der Waals surface area (Å²) in [7, 11) is 0. The van der Waals surface area contributed by atoms with Gasteiger partial charge < -0.3 is 15.5 Å². The number of piperidine rings is 1. The molecule has 1 aliphatic rings. The van der Waals surface area contributed by atoms with Gasteiger partial charge in [-0.15, -0.1) is 11.3 Å². The first-order valence-corrected chi connectivity index (χ1v) is 9.51. The largest absolute Gasteiger partial charge is 0.356 e. The van der Waals surface area contributed by atoms with Crippen LogP contribution in [0.25, 0.3) is 0 Å². The maximum absolute atomic E-state index is 5.64. The maximum atomic E-state index is 5.64. The molecule has 1 aliphatic heterocycles. The number of thiophene rings is 1. The Kier molecular flexibility index (Phi) is 6.08. The predicted octanol–water partition coefficient (Wildman–Crippen LogP) is 3.57. The van der Waals surface area contributed by atoms with Crippen molar-refractivity contribution in [3.05, 3.63) is 53.4 Å². The van der Waals surface area contributed by atoms with E-state index >= 15 is 0 Å². The van der Waals surface area contributed by atoms with Gasteiger partial charge in [0, 0.05) is 25.7 Å². The molecule has 2 N–H and O–H groups in total. The van der Waals surface area contributed by atoms with Crippen molar-refractivity contribution in [1.82, 2.24) is 4.90 Å². The molecule has 1 saturated heterocycles. The van der Waals surface area contributed by atoms with E-state index in [9.17, 15) is 0 Å². The van der Waals surface area contributed by atoms with Crippen LogP contribution >= 0.6 is 11.3 Å². The zero-order valence-corrected chi connectivity index (χ0v) is 14.5. The Balaban J connectivity index is 1.65. The quantitative estimate of drug-likeness (QED) is 0.843.